The Kier molecular flexibility index (Phi) is 17.9. The largest absolute Gasteiger partial charge is 0.508 e. The summed E-state index contributed by atoms with van der Waals surface area (Å²) in [4.78, 5) is 62.7. The van der Waals surface area contributed by atoms with Crippen LogP contribution in [0.5, 0.6) is 17.2 Å². The number of amides is 2. The van der Waals surface area contributed by atoms with Crippen LogP contribution in [0.2, 0.25) is 0 Å². The van der Waals surface area contributed by atoms with Gasteiger partial charge in [-0.2, -0.15) is 0 Å². The summed E-state index contributed by atoms with van der Waals surface area (Å²) in [6, 6.07) is 18.1. The van der Waals surface area contributed by atoms with Crippen molar-refractivity contribution in [1.82, 2.24) is 15.1 Å². The lowest BCUT2D eigenvalue weighted by Gasteiger charge is -2.29. The van der Waals surface area contributed by atoms with Crippen molar-refractivity contribution in [2.75, 3.05) is 33.9 Å². The minimum atomic E-state index is -1.05. The van der Waals surface area contributed by atoms with Gasteiger partial charge in [-0.05, 0) is 120 Å². The molecule has 3 saturated heterocycles. The molecule has 340 valence electrons. The van der Waals surface area contributed by atoms with Crippen molar-refractivity contribution in [3.63, 3.8) is 0 Å². The summed E-state index contributed by atoms with van der Waals surface area (Å²) in [7, 11) is 2.71. The van der Waals surface area contributed by atoms with Crippen LogP contribution in [-0.2, 0) is 33.3 Å². The van der Waals surface area contributed by atoms with E-state index in [0.717, 1.165) is 29.7 Å². The maximum absolute atomic E-state index is 12.4. The number of hydrogen-bond donors (Lipinski definition) is 5. The average Bonchev–Trinajstić information content (AvgIpc) is 3.97. The number of nitrogens with one attached hydrogen (secondary N) is 1. The fourth-order valence-electron chi connectivity index (χ4n) is 7.65. The highest BCUT2D eigenvalue weighted by Gasteiger charge is 2.46. The molecule has 3 fully saturated rings. The molecule has 3 aliphatic rings. The normalized spacial score (nSPS) is 21.8. The summed E-state index contributed by atoms with van der Waals surface area (Å²) in [5.41, 5.74) is 1.42. The lowest BCUT2D eigenvalue weighted by atomic mass is 9.91. The maximum Gasteiger partial charge on any atom is 0.411 e. The second-order valence-electron chi connectivity index (χ2n) is 17.0. The average molecular weight is 886 g/mol. The van der Waals surface area contributed by atoms with Crippen LogP contribution in [0.3, 0.4) is 0 Å². The van der Waals surface area contributed by atoms with Gasteiger partial charge in [-0.25, -0.2) is 19.2 Å². The molecule has 0 radical (unpaired) electrons. The van der Waals surface area contributed by atoms with Crippen molar-refractivity contribution < 1.29 is 63.3 Å². The zero-order chi connectivity index (χ0) is 45.2. The highest BCUT2D eigenvalue weighted by Crippen LogP contribution is 2.37. The van der Waals surface area contributed by atoms with Crippen molar-refractivity contribution in [3.8, 4) is 17.2 Å². The number of halogens is 1. The Morgan fingerprint density at radius 1 is 0.565 bits per heavy atom. The van der Waals surface area contributed by atoms with Crippen LogP contribution < -0.4 is 5.32 Å². The van der Waals surface area contributed by atoms with Crippen LogP contribution >= 0.6 is 12.4 Å². The molecule has 3 aliphatic heterocycles. The molecule has 6 unspecified atom stereocenters. The number of rotatable bonds is 6. The number of hydrogen-bond acceptors (Lipinski definition) is 13. The summed E-state index contributed by atoms with van der Waals surface area (Å²) in [6.45, 7) is 12.1. The fourth-order valence-corrected chi connectivity index (χ4v) is 7.65. The number of aliphatic carboxylic acids is 1. The molecule has 16 nitrogen and oxygen atoms in total. The van der Waals surface area contributed by atoms with Crippen LogP contribution in [-0.4, -0.2) is 124 Å². The van der Waals surface area contributed by atoms with Gasteiger partial charge >= 0.3 is 30.1 Å². The number of nitrogens with zero attached hydrogens (tertiary/aromatic N) is 2. The molecule has 2 amide bonds. The minimum Gasteiger partial charge on any atom is -0.508 e. The van der Waals surface area contributed by atoms with Crippen molar-refractivity contribution in [3.05, 3.63) is 89.5 Å². The Hall–Kier alpha value is -5.74. The van der Waals surface area contributed by atoms with Crippen molar-refractivity contribution in [1.29, 1.82) is 0 Å². The monoisotopic (exact) mass is 885 g/mol. The number of phenols is 3. The van der Waals surface area contributed by atoms with Gasteiger partial charge in [0.1, 0.15) is 46.6 Å². The quantitative estimate of drug-likeness (QED) is 0.129. The summed E-state index contributed by atoms with van der Waals surface area (Å²) in [5, 5.41) is 40.6. The molecule has 0 aliphatic carbocycles. The van der Waals surface area contributed by atoms with E-state index in [9.17, 15) is 44.4 Å². The smallest absolute Gasteiger partial charge is 0.411 e. The van der Waals surface area contributed by atoms with Gasteiger partial charge in [-0.1, -0.05) is 36.4 Å². The maximum atomic E-state index is 12.4. The third-order valence-corrected chi connectivity index (χ3v) is 10.4. The van der Waals surface area contributed by atoms with E-state index >= 15 is 0 Å². The van der Waals surface area contributed by atoms with Gasteiger partial charge in [0.05, 0.1) is 14.2 Å². The lowest BCUT2D eigenvalue weighted by molar-refractivity contribution is -0.146. The number of carbonyl (C=O) groups is 5. The van der Waals surface area contributed by atoms with Gasteiger partial charge in [-0.15, -0.1) is 12.4 Å². The lowest BCUT2D eigenvalue weighted by Crippen LogP contribution is -2.45. The molecule has 3 heterocycles. The van der Waals surface area contributed by atoms with Gasteiger partial charge in [0.25, 0.3) is 0 Å². The van der Waals surface area contributed by atoms with Gasteiger partial charge in [0.15, 0.2) is 0 Å². The van der Waals surface area contributed by atoms with E-state index in [1.165, 1.54) is 36.2 Å². The number of likely N-dealkylation sites (tertiary alicyclic amines) is 2. The van der Waals surface area contributed by atoms with Gasteiger partial charge in [-0.3, -0.25) is 14.6 Å². The predicted octanol–water partition coefficient (Wildman–Crippen LogP) is 6.66. The number of esters is 2. The highest BCUT2D eigenvalue weighted by atomic mass is 35.5. The SMILES string of the molecule is CC(C)(C)OC(=O)N1CCC(c2ccc(O)cc2)C1C(=O)O.COC(=O)C1C(c2ccc(O)cc2)CCN1C(=O)OC(C)(C)C.COC(=O)C1NCCC1c1ccc(O)cc1.Cl. The number of carbonyl (C=O) groups excluding carboxylic acids is 4. The Labute approximate surface area is 368 Å². The van der Waals surface area contributed by atoms with Gasteiger partial charge in [0, 0.05) is 30.8 Å². The third kappa shape index (κ3) is 13.6. The van der Waals surface area contributed by atoms with E-state index in [1.807, 2.05) is 12.1 Å². The first-order valence-electron chi connectivity index (χ1n) is 20.1. The molecular formula is C45H60ClN3O13. The zero-order valence-corrected chi connectivity index (χ0v) is 37.2. The Balaban J connectivity index is 0.000000250. The Bertz CT molecular complexity index is 1960. The highest BCUT2D eigenvalue weighted by molar-refractivity contribution is 5.85. The van der Waals surface area contributed by atoms with Crippen molar-refractivity contribution in [2.24, 2.45) is 0 Å². The fraction of sp³-hybridized carbons (Fsp3) is 0.489. The van der Waals surface area contributed by atoms with Crippen LogP contribution in [0.15, 0.2) is 72.8 Å². The summed E-state index contributed by atoms with van der Waals surface area (Å²) in [5.74, 6) is -1.59. The van der Waals surface area contributed by atoms with E-state index in [1.54, 1.807) is 90.1 Å². The van der Waals surface area contributed by atoms with Crippen LogP contribution in [0.4, 0.5) is 9.59 Å². The van der Waals surface area contributed by atoms with Crippen LogP contribution in [0.1, 0.15) is 95.2 Å². The number of aromatic hydroxyl groups is 3. The van der Waals surface area contributed by atoms with E-state index in [0.29, 0.717) is 25.9 Å². The number of methoxy groups -OCH3 is 2. The van der Waals surface area contributed by atoms with Crippen LogP contribution in [0, 0.1) is 0 Å². The summed E-state index contributed by atoms with van der Waals surface area (Å²) in [6.07, 6.45) is 0.949. The van der Waals surface area contributed by atoms with E-state index in [4.69, 9.17) is 18.9 Å². The molecule has 6 rings (SSSR count). The summed E-state index contributed by atoms with van der Waals surface area (Å²) < 4.78 is 20.3. The number of carboxylic acids is 1. The molecule has 17 heteroatoms. The topological polar surface area (TPSA) is 222 Å². The number of benzene rings is 3. The Morgan fingerprint density at radius 3 is 1.27 bits per heavy atom. The second-order valence-corrected chi connectivity index (χ2v) is 17.0. The molecule has 6 atom stereocenters. The zero-order valence-electron chi connectivity index (χ0n) is 36.4. The molecular weight excluding hydrogens is 826 g/mol. The molecule has 0 aromatic heterocycles. The molecule has 62 heavy (non-hydrogen) atoms. The first kappa shape index (κ1) is 50.6. The molecule has 5 N–H and O–H groups in total. The molecule has 0 spiro atoms. The molecule has 3 aromatic rings. The number of phenolic OH excluding ortho intramolecular Hbond substituents is 3. The molecule has 0 bridgehead atoms. The van der Waals surface area contributed by atoms with Gasteiger partial charge < -0.3 is 44.7 Å². The standard InChI is InChI=1S/C17H23NO5.C16H21NO5.C12H15NO3.ClH/c1-17(2,3)23-16(21)18-10-9-13(14(18)15(20)22-4)11-5-7-12(19)8-6-11;1-16(2,3)22-15(21)17-9-8-12(13(17)14(19)20)10-4-6-11(18)7-5-10;1-16-12(15)11-10(6-7-13-11)8-2-4-9(14)5-3-8;/h5-8,13-14,19H,9-10H2,1-4H3;4-7,12-13,18H,8-9H2,1-3H3,(H,19,20);2-5,10-11,13-14H,6-7H2,1H3;1H. The number of ether oxygens (including phenoxy) is 4. The minimum absolute atomic E-state index is 0. The van der Waals surface area contributed by atoms with E-state index < -0.39 is 47.4 Å². The second kappa shape index (κ2) is 21.9. The third-order valence-electron chi connectivity index (χ3n) is 10.4. The van der Waals surface area contributed by atoms with Crippen molar-refractivity contribution in [2.45, 2.75) is 108 Å². The summed E-state index contributed by atoms with van der Waals surface area (Å²) >= 11 is 0. The first-order valence-corrected chi connectivity index (χ1v) is 20.1. The first-order chi connectivity index (χ1) is 28.6. The van der Waals surface area contributed by atoms with E-state index in [-0.39, 0.29) is 59.4 Å². The van der Waals surface area contributed by atoms with Gasteiger partial charge in [0.2, 0.25) is 0 Å². The molecule has 3 aromatic carbocycles. The predicted molar refractivity (Wildman–Crippen MR) is 231 cm³/mol. The van der Waals surface area contributed by atoms with Crippen molar-refractivity contribution >= 4 is 42.5 Å². The number of carboxylic acid groups (broad SMARTS) is 1. The van der Waals surface area contributed by atoms with E-state index in [2.05, 4.69) is 5.32 Å². The van der Waals surface area contributed by atoms with Crippen LogP contribution in [0.25, 0.3) is 0 Å². The molecule has 0 saturated carbocycles. The Morgan fingerprint density at radius 2 is 0.919 bits per heavy atom.